The van der Waals surface area contributed by atoms with Crippen molar-refractivity contribution < 1.29 is 37.7 Å². The van der Waals surface area contributed by atoms with E-state index in [1.807, 2.05) is 0 Å². The maximum atomic E-state index is 12.4. The second-order valence-electron chi connectivity index (χ2n) is 5.42. The maximum Gasteiger partial charge on any atom is 0.387 e. The molecule has 0 heterocycles. The quantitative estimate of drug-likeness (QED) is 0.485. The van der Waals surface area contributed by atoms with Crippen LogP contribution in [0.1, 0.15) is 22.8 Å². The number of carbonyl (C=O) groups is 2. The molecule has 0 radical (unpaired) electrons. The van der Waals surface area contributed by atoms with Crippen molar-refractivity contribution in [3.05, 3.63) is 59.7 Å². The van der Waals surface area contributed by atoms with Crippen LogP contribution in [-0.4, -0.2) is 36.7 Å². The minimum atomic E-state index is -2.97. The highest BCUT2D eigenvalue weighted by Crippen LogP contribution is 2.30. The predicted octanol–water partition coefficient (Wildman–Crippen LogP) is 4.05. The Balaban J connectivity index is 2.08. The first kappa shape index (κ1) is 20.9. The largest absolute Gasteiger partial charge is 0.490 e. The van der Waals surface area contributed by atoms with E-state index < -0.39 is 19.2 Å². The van der Waals surface area contributed by atoms with Crippen LogP contribution < -0.4 is 14.2 Å². The van der Waals surface area contributed by atoms with Gasteiger partial charge in [0.2, 0.25) is 0 Å². The molecule has 0 aliphatic carbocycles. The fourth-order valence-electron chi connectivity index (χ4n) is 2.22. The molecule has 0 bridgehead atoms. The molecule has 0 saturated carbocycles. The number of ketones is 1. The SMILES string of the molecule is CCOc1cc(/C=C/C(=O)c2ccc(OCC(=O)O)cc2)ccc1OC(F)F. The first-order chi connectivity index (χ1) is 13.4. The summed E-state index contributed by atoms with van der Waals surface area (Å²) >= 11 is 0. The predicted molar refractivity (Wildman–Crippen MR) is 97.2 cm³/mol. The van der Waals surface area contributed by atoms with Crippen molar-refractivity contribution in [1.29, 1.82) is 0 Å². The van der Waals surface area contributed by atoms with Crippen LogP contribution in [-0.2, 0) is 4.79 Å². The molecule has 2 aromatic rings. The number of carbonyl (C=O) groups excluding carboxylic acids is 1. The first-order valence-electron chi connectivity index (χ1n) is 8.27. The van der Waals surface area contributed by atoms with Crippen LogP contribution in [0.3, 0.4) is 0 Å². The van der Waals surface area contributed by atoms with Gasteiger partial charge in [0.15, 0.2) is 23.9 Å². The number of hydrogen-bond acceptors (Lipinski definition) is 5. The van der Waals surface area contributed by atoms with E-state index in [9.17, 15) is 18.4 Å². The molecule has 6 nitrogen and oxygen atoms in total. The lowest BCUT2D eigenvalue weighted by molar-refractivity contribution is -0.139. The summed E-state index contributed by atoms with van der Waals surface area (Å²) in [5.74, 6) is -0.997. The van der Waals surface area contributed by atoms with Gasteiger partial charge < -0.3 is 19.3 Å². The zero-order chi connectivity index (χ0) is 20.5. The Morgan fingerprint density at radius 3 is 2.39 bits per heavy atom. The van der Waals surface area contributed by atoms with Crippen molar-refractivity contribution in [1.82, 2.24) is 0 Å². The van der Waals surface area contributed by atoms with E-state index in [4.69, 9.17) is 14.6 Å². The van der Waals surface area contributed by atoms with E-state index in [1.165, 1.54) is 54.6 Å². The molecule has 0 aliphatic heterocycles. The van der Waals surface area contributed by atoms with E-state index in [0.29, 0.717) is 16.9 Å². The number of rotatable bonds is 10. The second kappa shape index (κ2) is 10.1. The van der Waals surface area contributed by atoms with Crippen LogP contribution in [0.2, 0.25) is 0 Å². The van der Waals surface area contributed by atoms with Gasteiger partial charge in [-0.15, -0.1) is 0 Å². The molecule has 28 heavy (non-hydrogen) atoms. The average Bonchev–Trinajstić information content (AvgIpc) is 2.66. The zero-order valence-electron chi connectivity index (χ0n) is 14.9. The third-order valence-electron chi connectivity index (χ3n) is 3.41. The summed E-state index contributed by atoms with van der Waals surface area (Å²) < 4.78 is 39.5. The number of hydrogen-bond donors (Lipinski definition) is 1. The van der Waals surface area contributed by atoms with E-state index in [0.717, 1.165) is 0 Å². The molecule has 0 unspecified atom stereocenters. The number of allylic oxidation sites excluding steroid dienone is 1. The summed E-state index contributed by atoms with van der Waals surface area (Å²) in [7, 11) is 0. The minimum absolute atomic E-state index is 0.0859. The molecule has 0 atom stereocenters. The second-order valence-corrected chi connectivity index (χ2v) is 5.42. The molecule has 0 amide bonds. The molecule has 8 heteroatoms. The third kappa shape index (κ3) is 6.39. The molecule has 2 aromatic carbocycles. The van der Waals surface area contributed by atoms with Crippen molar-refractivity contribution in [3.63, 3.8) is 0 Å². The lowest BCUT2D eigenvalue weighted by Crippen LogP contribution is -2.09. The first-order valence-corrected chi connectivity index (χ1v) is 8.27. The van der Waals surface area contributed by atoms with Gasteiger partial charge in [0.1, 0.15) is 5.75 Å². The Morgan fingerprint density at radius 2 is 1.79 bits per heavy atom. The van der Waals surface area contributed by atoms with E-state index in [-0.39, 0.29) is 23.9 Å². The van der Waals surface area contributed by atoms with Gasteiger partial charge in [-0.2, -0.15) is 8.78 Å². The number of carboxylic acid groups (broad SMARTS) is 1. The summed E-state index contributed by atoms with van der Waals surface area (Å²) in [5, 5.41) is 8.57. The summed E-state index contributed by atoms with van der Waals surface area (Å²) in [6.45, 7) is -1.46. The average molecular weight is 392 g/mol. The van der Waals surface area contributed by atoms with E-state index in [1.54, 1.807) is 6.92 Å². The number of benzene rings is 2. The number of halogens is 2. The van der Waals surface area contributed by atoms with Gasteiger partial charge >= 0.3 is 12.6 Å². The van der Waals surface area contributed by atoms with Crippen LogP contribution >= 0.6 is 0 Å². The molecule has 148 valence electrons. The van der Waals surface area contributed by atoms with Gasteiger partial charge in [0.25, 0.3) is 0 Å². The maximum absolute atomic E-state index is 12.4. The molecule has 0 fully saturated rings. The zero-order valence-corrected chi connectivity index (χ0v) is 14.9. The third-order valence-corrected chi connectivity index (χ3v) is 3.41. The molecule has 1 N–H and O–H groups in total. The monoisotopic (exact) mass is 392 g/mol. The topological polar surface area (TPSA) is 82.1 Å². The van der Waals surface area contributed by atoms with Gasteiger partial charge in [-0.05, 0) is 55.0 Å². The molecule has 0 aliphatic rings. The van der Waals surface area contributed by atoms with Gasteiger partial charge in [0, 0.05) is 5.56 Å². The highest BCUT2D eigenvalue weighted by atomic mass is 19.3. The molecule has 2 rings (SSSR count). The number of aliphatic carboxylic acids is 1. The number of ether oxygens (including phenoxy) is 3. The smallest absolute Gasteiger partial charge is 0.387 e. The van der Waals surface area contributed by atoms with Crippen molar-refractivity contribution in [2.24, 2.45) is 0 Å². The van der Waals surface area contributed by atoms with Gasteiger partial charge in [-0.25, -0.2) is 4.79 Å². The Kier molecular flexibility index (Phi) is 7.50. The summed E-state index contributed by atoms with van der Waals surface area (Å²) in [5.41, 5.74) is 0.946. The van der Waals surface area contributed by atoms with Crippen LogP contribution in [0.25, 0.3) is 6.08 Å². The molecular weight excluding hydrogens is 374 g/mol. The van der Waals surface area contributed by atoms with Gasteiger partial charge in [-0.1, -0.05) is 12.1 Å². The lowest BCUT2D eigenvalue weighted by atomic mass is 10.1. The molecule has 0 saturated heterocycles. The van der Waals surface area contributed by atoms with Gasteiger partial charge in [-0.3, -0.25) is 4.79 Å². The molecule has 0 spiro atoms. The minimum Gasteiger partial charge on any atom is -0.490 e. The van der Waals surface area contributed by atoms with Crippen LogP contribution in [0.15, 0.2) is 48.5 Å². The summed E-state index contributed by atoms with van der Waals surface area (Å²) in [6, 6.07) is 10.4. The van der Waals surface area contributed by atoms with Crippen LogP contribution in [0.4, 0.5) is 8.78 Å². The Bertz CT molecular complexity index is 846. The normalized spacial score (nSPS) is 10.9. The fourth-order valence-corrected chi connectivity index (χ4v) is 2.22. The van der Waals surface area contributed by atoms with Crippen LogP contribution in [0.5, 0.6) is 17.2 Å². The molecular formula is C20H18F2O6. The van der Waals surface area contributed by atoms with E-state index >= 15 is 0 Å². The summed E-state index contributed by atoms with van der Waals surface area (Å²) in [6.07, 6.45) is 2.84. The highest BCUT2D eigenvalue weighted by Gasteiger charge is 2.11. The van der Waals surface area contributed by atoms with Crippen LogP contribution in [0, 0.1) is 0 Å². The Hall–Kier alpha value is -3.42. The summed E-state index contributed by atoms with van der Waals surface area (Å²) in [4.78, 5) is 22.7. The number of carboxylic acids is 1. The fraction of sp³-hybridized carbons (Fsp3) is 0.200. The van der Waals surface area contributed by atoms with Crippen molar-refractivity contribution in [2.75, 3.05) is 13.2 Å². The van der Waals surface area contributed by atoms with Gasteiger partial charge in [0.05, 0.1) is 6.61 Å². The standard InChI is InChI=1S/C20H18F2O6/c1-2-26-18-11-13(4-10-17(18)28-20(21)22)3-9-16(23)14-5-7-15(8-6-14)27-12-19(24)25/h3-11,20H,2,12H2,1H3,(H,24,25)/b9-3+. The Morgan fingerprint density at radius 1 is 1.07 bits per heavy atom. The van der Waals surface area contributed by atoms with Crippen molar-refractivity contribution >= 4 is 17.8 Å². The number of alkyl halides is 2. The molecule has 0 aromatic heterocycles. The lowest BCUT2D eigenvalue weighted by Gasteiger charge is -2.11. The van der Waals surface area contributed by atoms with Crippen molar-refractivity contribution in [3.8, 4) is 17.2 Å². The van der Waals surface area contributed by atoms with Crippen molar-refractivity contribution in [2.45, 2.75) is 13.5 Å². The Labute approximate surface area is 160 Å². The van der Waals surface area contributed by atoms with E-state index in [2.05, 4.69) is 4.74 Å². The highest BCUT2D eigenvalue weighted by molar-refractivity contribution is 6.06.